The molecule has 3 rings (SSSR count). The fourth-order valence-electron chi connectivity index (χ4n) is 2.44. The van der Waals surface area contributed by atoms with Gasteiger partial charge in [0.1, 0.15) is 12.1 Å². The van der Waals surface area contributed by atoms with Gasteiger partial charge in [-0.3, -0.25) is 0 Å². The summed E-state index contributed by atoms with van der Waals surface area (Å²) < 4.78 is 5.11. The molecule has 0 aliphatic heterocycles. The maximum absolute atomic E-state index is 11.0. The molecule has 0 atom stereocenters. The summed E-state index contributed by atoms with van der Waals surface area (Å²) in [5.41, 5.74) is 3.54. The molecule has 0 saturated carbocycles. The highest BCUT2D eigenvalue weighted by molar-refractivity contribution is 5.88. The first-order valence-corrected chi connectivity index (χ1v) is 7.70. The van der Waals surface area contributed by atoms with E-state index in [2.05, 4.69) is 21.9 Å². The summed E-state index contributed by atoms with van der Waals surface area (Å²) >= 11 is 0. The molecule has 0 saturated heterocycles. The van der Waals surface area contributed by atoms with Crippen molar-refractivity contribution in [1.29, 1.82) is 0 Å². The van der Waals surface area contributed by atoms with Crippen molar-refractivity contribution in [3.8, 4) is 11.4 Å². The number of benzene rings is 1. The van der Waals surface area contributed by atoms with Gasteiger partial charge in [0.05, 0.1) is 17.4 Å². The van der Waals surface area contributed by atoms with E-state index in [-0.39, 0.29) is 5.56 Å². The Kier molecular flexibility index (Phi) is 4.61. The first-order chi connectivity index (χ1) is 12.1. The fourth-order valence-corrected chi connectivity index (χ4v) is 2.44. The van der Waals surface area contributed by atoms with E-state index < -0.39 is 5.97 Å². The first-order valence-electron chi connectivity index (χ1n) is 7.70. The van der Waals surface area contributed by atoms with Gasteiger partial charge in [-0.15, -0.1) is 6.58 Å². The number of nitrogens with one attached hydrogen (secondary N) is 1. The van der Waals surface area contributed by atoms with E-state index in [0.717, 1.165) is 22.5 Å². The van der Waals surface area contributed by atoms with E-state index in [1.807, 2.05) is 6.92 Å². The van der Waals surface area contributed by atoms with Crippen molar-refractivity contribution in [2.75, 3.05) is 5.32 Å². The van der Waals surface area contributed by atoms with Crippen LogP contribution >= 0.6 is 0 Å². The van der Waals surface area contributed by atoms with Gasteiger partial charge in [-0.05, 0) is 43.7 Å². The van der Waals surface area contributed by atoms with E-state index in [1.165, 1.54) is 0 Å². The second-order valence-electron chi connectivity index (χ2n) is 5.47. The van der Waals surface area contributed by atoms with Gasteiger partial charge in [-0.1, -0.05) is 6.08 Å². The standard InChI is InChI=1S/C19H17N3O3/c1-3-4-16-12(2)20-17(14-9-10-25-11-14)22-18(16)21-15-7-5-13(6-8-15)19(23)24/h3,5-11H,1,4H2,2H3,(H,23,24)(H,20,21,22). The number of carboxylic acids is 1. The molecule has 0 bridgehead atoms. The number of allylic oxidation sites excluding steroid dienone is 1. The Morgan fingerprint density at radius 2 is 2.04 bits per heavy atom. The van der Waals surface area contributed by atoms with Crippen LogP contribution in [0.25, 0.3) is 11.4 Å². The van der Waals surface area contributed by atoms with Crippen LogP contribution in [0.1, 0.15) is 21.6 Å². The van der Waals surface area contributed by atoms with Crippen LogP contribution < -0.4 is 5.32 Å². The molecule has 2 N–H and O–H groups in total. The second kappa shape index (κ2) is 7.00. The van der Waals surface area contributed by atoms with Crippen molar-refractivity contribution in [2.24, 2.45) is 0 Å². The SMILES string of the molecule is C=CCc1c(C)nc(-c2ccoc2)nc1Nc1ccc(C(=O)O)cc1. The summed E-state index contributed by atoms with van der Waals surface area (Å²) in [4.78, 5) is 20.1. The van der Waals surface area contributed by atoms with E-state index in [4.69, 9.17) is 9.52 Å². The smallest absolute Gasteiger partial charge is 0.335 e. The number of aryl methyl sites for hydroxylation is 1. The third-order valence-corrected chi connectivity index (χ3v) is 3.74. The molecule has 6 nitrogen and oxygen atoms in total. The largest absolute Gasteiger partial charge is 0.478 e. The summed E-state index contributed by atoms with van der Waals surface area (Å²) in [5.74, 6) is 0.259. The zero-order valence-corrected chi connectivity index (χ0v) is 13.7. The van der Waals surface area contributed by atoms with Gasteiger partial charge >= 0.3 is 5.97 Å². The van der Waals surface area contributed by atoms with Crippen LogP contribution in [0.15, 0.2) is 59.9 Å². The molecule has 1 aromatic carbocycles. The lowest BCUT2D eigenvalue weighted by molar-refractivity contribution is 0.0697. The van der Waals surface area contributed by atoms with Crippen molar-refractivity contribution in [3.05, 3.63) is 72.3 Å². The molecule has 0 unspecified atom stereocenters. The fraction of sp³-hybridized carbons (Fsp3) is 0.105. The Morgan fingerprint density at radius 3 is 2.64 bits per heavy atom. The molecule has 0 fully saturated rings. The highest BCUT2D eigenvalue weighted by Crippen LogP contribution is 2.26. The van der Waals surface area contributed by atoms with Crippen molar-refractivity contribution in [3.63, 3.8) is 0 Å². The predicted octanol–water partition coefficient (Wildman–Crippen LogP) is 4.22. The number of hydrogen-bond donors (Lipinski definition) is 2. The molecule has 2 aromatic heterocycles. The minimum Gasteiger partial charge on any atom is -0.478 e. The lowest BCUT2D eigenvalue weighted by Gasteiger charge is -2.14. The number of carboxylic acid groups (broad SMARTS) is 1. The average molecular weight is 335 g/mol. The molecule has 25 heavy (non-hydrogen) atoms. The summed E-state index contributed by atoms with van der Waals surface area (Å²) in [6, 6.07) is 8.30. The number of nitrogens with zero attached hydrogens (tertiary/aromatic N) is 2. The summed E-state index contributed by atoms with van der Waals surface area (Å²) in [6.45, 7) is 5.70. The van der Waals surface area contributed by atoms with Crippen LogP contribution in [-0.4, -0.2) is 21.0 Å². The third kappa shape index (κ3) is 3.58. The minimum atomic E-state index is -0.959. The molecule has 0 radical (unpaired) electrons. The maximum atomic E-state index is 11.0. The number of carbonyl (C=O) groups is 1. The van der Waals surface area contributed by atoms with Gasteiger partial charge in [0.25, 0.3) is 0 Å². The molecule has 126 valence electrons. The summed E-state index contributed by atoms with van der Waals surface area (Å²) in [6.07, 6.45) is 5.58. The Bertz CT molecular complexity index is 900. The Balaban J connectivity index is 2.00. The van der Waals surface area contributed by atoms with Gasteiger partial charge in [0.15, 0.2) is 5.82 Å². The van der Waals surface area contributed by atoms with Gasteiger partial charge in [-0.25, -0.2) is 14.8 Å². The zero-order chi connectivity index (χ0) is 17.8. The van der Waals surface area contributed by atoms with Crippen molar-refractivity contribution < 1.29 is 14.3 Å². The van der Waals surface area contributed by atoms with Crippen LogP contribution in [-0.2, 0) is 6.42 Å². The van der Waals surface area contributed by atoms with Crippen LogP contribution in [0.4, 0.5) is 11.5 Å². The molecular formula is C19H17N3O3. The van der Waals surface area contributed by atoms with E-state index in [1.54, 1.807) is 48.9 Å². The van der Waals surface area contributed by atoms with Gasteiger partial charge in [-0.2, -0.15) is 0 Å². The average Bonchev–Trinajstić information content (AvgIpc) is 3.13. The molecular weight excluding hydrogens is 318 g/mol. The van der Waals surface area contributed by atoms with Crippen molar-refractivity contribution in [2.45, 2.75) is 13.3 Å². The summed E-state index contributed by atoms with van der Waals surface area (Å²) in [5, 5.41) is 12.2. The second-order valence-corrected chi connectivity index (χ2v) is 5.47. The third-order valence-electron chi connectivity index (χ3n) is 3.74. The number of hydrogen-bond acceptors (Lipinski definition) is 5. The lowest BCUT2D eigenvalue weighted by Crippen LogP contribution is -2.05. The van der Waals surface area contributed by atoms with Gasteiger partial charge < -0.3 is 14.8 Å². The normalized spacial score (nSPS) is 10.4. The van der Waals surface area contributed by atoms with Crippen molar-refractivity contribution in [1.82, 2.24) is 9.97 Å². The Labute approximate surface area is 144 Å². The molecule has 0 amide bonds. The van der Waals surface area contributed by atoms with Gasteiger partial charge in [0.2, 0.25) is 0 Å². The number of aromatic carboxylic acids is 1. The molecule has 0 aliphatic carbocycles. The Hall–Kier alpha value is -3.41. The number of rotatable bonds is 6. The lowest BCUT2D eigenvalue weighted by atomic mass is 10.1. The van der Waals surface area contributed by atoms with Crippen LogP contribution in [0.3, 0.4) is 0 Å². The zero-order valence-electron chi connectivity index (χ0n) is 13.7. The number of aromatic nitrogens is 2. The highest BCUT2D eigenvalue weighted by Gasteiger charge is 2.13. The quantitative estimate of drug-likeness (QED) is 0.656. The number of furan rings is 1. The van der Waals surface area contributed by atoms with Crippen LogP contribution in [0, 0.1) is 6.92 Å². The maximum Gasteiger partial charge on any atom is 0.335 e. The van der Waals surface area contributed by atoms with Crippen molar-refractivity contribution >= 4 is 17.5 Å². The highest BCUT2D eigenvalue weighted by atomic mass is 16.4. The topological polar surface area (TPSA) is 88.3 Å². The van der Waals surface area contributed by atoms with E-state index >= 15 is 0 Å². The molecule has 2 heterocycles. The predicted molar refractivity (Wildman–Crippen MR) is 95.1 cm³/mol. The monoisotopic (exact) mass is 335 g/mol. The molecule has 3 aromatic rings. The van der Waals surface area contributed by atoms with Crippen LogP contribution in [0.5, 0.6) is 0 Å². The molecule has 0 spiro atoms. The first kappa shape index (κ1) is 16.4. The number of anilines is 2. The van der Waals surface area contributed by atoms with E-state index in [9.17, 15) is 4.79 Å². The van der Waals surface area contributed by atoms with Gasteiger partial charge in [0, 0.05) is 16.9 Å². The summed E-state index contributed by atoms with van der Waals surface area (Å²) in [7, 11) is 0. The molecule has 6 heteroatoms. The molecule has 0 aliphatic rings. The van der Waals surface area contributed by atoms with E-state index in [0.29, 0.717) is 18.1 Å². The van der Waals surface area contributed by atoms with Crippen LogP contribution in [0.2, 0.25) is 0 Å². The Morgan fingerprint density at radius 1 is 1.28 bits per heavy atom. The minimum absolute atomic E-state index is 0.231.